The van der Waals surface area contributed by atoms with Gasteiger partial charge in [0.1, 0.15) is 12.1 Å². The maximum absolute atomic E-state index is 12.6. The highest BCUT2D eigenvalue weighted by molar-refractivity contribution is 7.94. The molecule has 1 aromatic rings. The average Bonchev–Trinajstić information content (AvgIpc) is 2.83. The fraction of sp³-hybridized carbons (Fsp3) is 0.583. The first kappa shape index (κ1) is 18.1. The highest BCUT2D eigenvalue weighted by Crippen LogP contribution is 2.29. The Morgan fingerprint density at radius 3 is 2.52 bits per heavy atom. The van der Waals surface area contributed by atoms with Crippen LogP contribution in [0, 0.1) is 6.92 Å². The second-order valence-electron chi connectivity index (χ2n) is 5.69. The standard InChI is InChI=1S/C12H15ClF3N3O3S/c1-7-10(13)8(19(17-7)6-12(14,15)16)5-23(20,21)9-4-11(2,3)22-18-9/h4,18H,5-6H2,1-3H3. The second-order valence-corrected chi connectivity index (χ2v) is 8.03. The van der Waals surface area contributed by atoms with Gasteiger partial charge in [0.2, 0.25) is 9.84 Å². The summed E-state index contributed by atoms with van der Waals surface area (Å²) in [5.41, 5.74) is 1.36. The van der Waals surface area contributed by atoms with Crippen LogP contribution in [-0.2, 0) is 27.0 Å². The van der Waals surface area contributed by atoms with Gasteiger partial charge < -0.3 is 0 Å². The number of hydrogen-bond donors (Lipinski definition) is 1. The summed E-state index contributed by atoms with van der Waals surface area (Å²) in [4.78, 5) is 5.07. The third kappa shape index (κ3) is 4.18. The third-order valence-electron chi connectivity index (χ3n) is 3.04. The van der Waals surface area contributed by atoms with Crippen molar-refractivity contribution in [1.29, 1.82) is 0 Å². The fourth-order valence-corrected chi connectivity index (χ4v) is 3.74. The molecule has 0 fully saturated rings. The minimum absolute atomic E-state index is 0.100. The molecule has 0 aliphatic carbocycles. The van der Waals surface area contributed by atoms with E-state index in [9.17, 15) is 21.6 Å². The molecule has 0 saturated heterocycles. The molecule has 23 heavy (non-hydrogen) atoms. The van der Waals surface area contributed by atoms with Gasteiger partial charge in [-0.05, 0) is 26.8 Å². The summed E-state index contributed by atoms with van der Waals surface area (Å²) in [6, 6.07) is 0. The molecule has 0 bridgehead atoms. The Bertz CT molecular complexity index is 754. The molecular formula is C12H15ClF3N3O3S. The van der Waals surface area contributed by atoms with Gasteiger partial charge in [0, 0.05) is 0 Å². The zero-order valence-corrected chi connectivity index (χ0v) is 14.1. The summed E-state index contributed by atoms with van der Waals surface area (Å²) in [5.74, 6) is -0.721. The number of nitrogens with one attached hydrogen (secondary N) is 1. The summed E-state index contributed by atoms with van der Waals surface area (Å²) in [7, 11) is -3.96. The van der Waals surface area contributed by atoms with Crippen LogP contribution in [0.25, 0.3) is 0 Å². The van der Waals surface area contributed by atoms with Gasteiger partial charge in [0.05, 0.1) is 22.2 Å². The van der Waals surface area contributed by atoms with Gasteiger partial charge in [-0.2, -0.15) is 18.3 Å². The second kappa shape index (κ2) is 5.67. The van der Waals surface area contributed by atoms with Crippen molar-refractivity contribution in [1.82, 2.24) is 15.3 Å². The van der Waals surface area contributed by atoms with E-state index in [1.807, 2.05) is 0 Å². The molecule has 2 heterocycles. The van der Waals surface area contributed by atoms with Gasteiger partial charge in [-0.3, -0.25) is 15.0 Å². The Kier molecular flexibility index (Phi) is 4.46. The van der Waals surface area contributed by atoms with Gasteiger partial charge in [-0.1, -0.05) is 11.6 Å². The number of hydroxylamine groups is 1. The van der Waals surface area contributed by atoms with Gasteiger partial charge in [0.25, 0.3) is 0 Å². The highest BCUT2D eigenvalue weighted by atomic mass is 35.5. The number of sulfone groups is 1. The van der Waals surface area contributed by atoms with Gasteiger partial charge in [-0.15, -0.1) is 0 Å². The summed E-state index contributed by atoms with van der Waals surface area (Å²) < 4.78 is 63.1. The molecule has 1 aliphatic rings. The van der Waals surface area contributed by atoms with E-state index in [4.69, 9.17) is 16.4 Å². The van der Waals surface area contributed by atoms with E-state index >= 15 is 0 Å². The monoisotopic (exact) mass is 373 g/mol. The molecular weight excluding hydrogens is 359 g/mol. The lowest BCUT2D eigenvalue weighted by atomic mass is 10.1. The lowest BCUT2D eigenvalue weighted by Crippen LogP contribution is -2.24. The van der Waals surface area contributed by atoms with E-state index in [1.165, 1.54) is 13.0 Å². The molecule has 0 unspecified atom stereocenters. The van der Waals surface area contributed by atoms with Crippen molar-refractivity contribution in [3.63, 3.8) is 0 Å². The van der Waals surface area contributed by atoms with Crippen LogP contribution in [0.4, 0.5) is 13.2 Å². The summed E-state index contributed by atoms with van der Waals surface area (Å²) >= 11 is 5.93. The molecule has 1 N–H and O–H groups in total. The van der Waals surface area contributed by atoms with Crippen molar-refractivity contribution in [2.45, 2.75) is 44.8 Å². The number of aryl methyl sites for hydroxylation is 1. The SMILES string of the molecule is Cc1nn(CC(F)(F)F)c(CS(=O)(=O)C2=CC(C)(C)ON2)c1Cl. The van der Waals surface area contributed by atoms with E-state index in [0.717, 1.165) is 0 Å². The van der Waals surface area contributed by atoms with Crippen molar-refractivity contribution < 1.29 is 26.4 Å². The zero-order chi connectivity index (χ0) is 17.6. The molecule has 6 nitrogen and oxygen atoms in total. The Morgan fingerprint density at radius 2 is 2.04 bits per heavy atom. The molecule has 1 aliphatic heterocycles. The summed E-state index contributed by atoms with van der Waals surface area (Å²) in [5, 5.41) is 3.35. The molecule has 0 aromatic carbocycles. The highest BCUT2D eigenvalue weighted by Gasteiger charge is 2.35. The van der Waals surface area contributed by atoms with Crippen molar-refractivity contribution in [3.8, 4) is 0 Å². The van der Waals surface area contributed by atoms with Crippen LogP contribution in [0.1, 0.15) is 25.2 Å². The molecule has 11 heteroatoms. The first-order valence-electron chi connectivity index (χ1n) is 6.49. The predicted molar refractivity (Wildman–Crippen MR) is 77.0 cm³/mol. The van der Waals surface area contributed by atoms with Crippen molar-refractivity contribution >= 4 is 21.4 Å². The van der Waals surface area contributed by atoms with E-state index < -0.39 is 33.9 Å². The Morgan fingerprint density at radius 1 is 1.43 bits per heavy atom. The largest absolute Gasteiger partial charge is 0.408 e. The molecule has 2 rings (SSSR count). The maximum Gasteiger partial charge on any atom is 0.408 e. The predicted octanol–water partition coefficient (Wildman–Crippen LogP) is 2.48. The quantitative estimate of drug-likeness (QED) is 0.877. The van der Waals surface area contributed by atoms with E-state index in [2.05, 4.69) is 10.6 Å². The zero-order valence-electron chi connectivity index (χ0n) is 12.5. The van der Waals surface area contributed by atoms with Gasteiger partial charge >= 0.3 is 6.18 Å². The molecule has 1 aromatic heterocycles. The maximum atomic E-state index is 12.6. The normalized spacial score (nSPS) is 18.0. The molecule has 130 valence electrons. The first-order valence-corrected chi connectivity index (χ1v) is 8.52. The number of halogens is 4. The Balaban J connectivity index is 2.36. The Hall–Kier alpha value is -1.26. The lowest BCUT2D eigenvalue weighted by Gasteiger charge is -2.12. The lowest BCUT2D eigenvalue weighted by molar-refractivity contribution is -0.143. The van der Waals surface area contributed by atoms with Crippen molar-refractivity contribution in [2.24, 2.45) is 0 Å². The summed E-state index contributed by atoms with van der Waals surface area (Å²) in [6.45, 7) is 3.26. The molecule has 0 spiro atoms. The van der Waals surface area contributed by atoms with E-state index in [1.54, 1.807) is 13.8 Å². The fourth-order valence-electron chi connectivity index (χ4n) is 2.01. The summed E-state index contributed by atoms with van der Waals surface area (Å²) in [6.07, 6.45) is -3.20. The Labute approximate surface area is 136 Å². The average molecular weight is 374 g/mol. The number of alkyl halides is 3. The van der Waals surface area contributed by atoms with Crippen LogP contribution < -0.4 is 5.48 Å². The molecule has 0 saturated carbocycles. The minimum atomic E-state index is -4.55. The van der Waals surface area contributed by atoms with Crippen LogP contribution in [0.15, 0.2) is 11.1 Å². The molecule has 0 amide bonds. The van der Waals surface area contributed by atoms with Gasteiger partial charge in [-0.25, -0.2) is 8.42 Å². The number of nitrogens with zero attached hydrogens (tertiary/aromatic N) is 2. The van der Waals surface area contributed by atoms with Crippen LogP contribution in [0.5, 0.6) is 0 Å². The van der Waals surface area contributed by atoms with E-state index in [0.29, 0.717) is 4.68 Å². The molecule has 0 atom stereocenters. The van der Waals surface area contributed by atoms with Crippen LogP contribution in [0.3, 0.4) is 0 Å². The van der Waals surface area contributed by atoms with Gasteiger partial charge in [0.15, 0.2) is 5.03 Å². The van der Waals surface area contributed by atoms with Crippen molar-refractivity contribution in [3.05, 3.63) is 27.5 Å². The number of aromatic nitrogens is 2. The third-order valence-corrected chi connectivity index (χ3v) is 5.05. The molecule has 0 radical (unpaired) electrons. The van der Waals surface area contributed by atoms with Crippen LogP contribution >= 0.6 is 11.6 Å². The van der Waals surface area contributed by atoms with E-state index in [-0.39, 0.29) is 21.4 Å². The topological polar surface area (TPSA) is 73.2 Å². The number of hydrogen-bond acceptors (Lipinski definition) is 5. The van der Waals surface area contributed by atoms with Crippen LogP contribution in [0.2, 0.25) is 5.02 Å². The smallest absolute Gasteiger partial charge is 0.265 e. The van der Waals surface area contributed by atoms with Crippen molar-refractivity contribution in [2.75, 3.05) is 0 Å². The minimum Gasteiger partial charge on any atom is -0.265 e. The van der Waals surface area contributed by atoms with Crippen LogP contribution in [-0.4, -0.2) is 30.0 Å². The first-order chi connectivity index (χ1) is 10.3. The number of rotatable bonds is 4.